The van der Waals surface area contributed by atoms with Gasteiger partial charge in [0.1, 0.15) is 11.5 Å². The molecule has 1 atom stereocenters. The number of ether oxygens (including phenoxy) is 1. The molecule has 1 unspecified atom stereocenters. The van der Waals surface area contributed by atoms with Crippen molar-refractivity contribution in [3.63, 3.8) is 0 Å². The molecule has 1 aromatic heterocycles. The van der Waals surface area contributed by atoms with Crippen molar-refractivity contribution in [2.24, 2.45) is 0 Å². The van der Waals surface area contributed by atoms with Crippen LogP contribution in [0.25, 0.3) is 0 Å². The van der Waals surface area contributed by atoms with Gasteiger partial charge in [-0.1, -0.05) is 6.08 Å². The average molecular weight is 268 g/mol. The molecule has 106 valence electrons. The number of anilines is 2. The summed E-state index contributed by atoms with van der Waals surface area (Å²) in [6.07, 6.45) is 2.42. The summed E-state index contributed by atoms with van der Waals surface area (Å²) >= 11 is 0. The van der Waals surface area contributed by atoms with Crippen LogP contribution in [0.3, 0.4) is 0 Å². The molecule has 19 heavy (non-hydrogen) atoms. The Hall–Kier alpha value is -2.02. The van der Waals surface area contributed by atoms with Gasteiger partial charge in [-0.25, -0.2) is 4.79 Å². The first-order valence-corrected chi connectivity index (χ1v) is 6.00. The highest BCUT2D eigenvalue weighted by molar-refractivity contribution is 5.60. The zero-order valence-electron chi connectivity index (χ0n) is 11.2. The maximum atomic E-state index is 11.8. The Morgan fingerprint density at radius 1 is 1.58 bits per heavy atom. The number of methoxy groups -OCH3 is 1. The second kappa shape index (κ2) is 6.79. The number of aromatic nitrogens is 2. The lowest BCUT2D eigenvalue weighted by Crippen LogP contribution is -2.36. The number of aromatic amines is 1. The van der Waals surface area contributed by atoms with E-state index in [-0.39, 0.29) is 24.1 Å². The SMILES string of the molecule is C=CCC(C)Nc1c(N)n(CCOC)c(=O)[nH]c1=O. The van der Waals surface area contributed by atoms with E-state index in [1.807, 2.05) is 6.92 Å². The maximum absolute atomic E-state index is 11.8. The molecule has 0 saturated carbocycles. The van der Waals surface area contributed by atoms with Crippen molar-refractivity contribution in [3.05, 3.63) is 33.5 Å². The van der Waals surface area contributed by atoms with E-state index in [0.29, 0.717) is 13.0 Å². The molecule has 1 rings (SSSR count). The molecule has 1 aromatic rings. The van der Waals surface area contributed by atoms with Gasteiger partial charge in [0.2, 0.25) is 0 Å². The number of hydrogen-bond acceptors (Lipinski definition) is 5. The smallest absolute Gasteiger partial charge is 0.330 e. The van der Waals surface area contributed by atoms with Gasteiger partial charge in [0, 0.05) is 13.2 Å². The van der Waals surface area contributed by atoms with Crippen molar-refractivity contribution in [3.8, 4) is 0 Å². The fourth-order valence-electron chi connectivity index (χ4n) is 1.69. The minimum atomic E-state index is -0.540. The third-order valence-electron chi connectivity index (χ3n) is 2.67. The van der Waals surface area contributed by atoms with Crippen molar-refractivity contribution in [1.82, 2.24) is 9.55 Å². The van der Waals surface area contributed by atoms with E-state index < -0.39 is 11.2 Å². The van der Waals surface area contributed by atoms with Crippen molar-refractivity contribution in [2.45, 2.75) is 25.9 Å². The predicted octanol–water partition coefficient (Wildman–Crippen LogP) is 0.142. The van der Waals surface area contributed by atoms with E-state index in [2.05, 4.69) is 16.9 Å². The first-order valence-electron chi connectivity index (χ1n) is 6.00. The van der Waals surface area contributed by atoms with E-state index in [1.54, 1.807) is 6.08 Å². The molecular formula is C12H20N4O3. The van der Waals surface area contributed by atoms with Crippen LogP contribution < -0.4 is 22.3 Å². The summed E-state index contributed by atoms with van der Waals surface area (Å²) in [6, 6.07) is -0.00530. The summed E-state index contributed by atoms with van der Waals surface area (Å²) in [4.78, 5) is 25.6. The highest BCUT2D eigenvalue weighted by atomic mass is 16.5. The monoisotopic (exact) mass is 268 g/mol. The minimum absolute atomic E-state index is 0.00530. The van der Waals surface area contributed by atoms with Crippen LogP contribution in [0.1, 0.15) is 13.3 Å². The Morgan fingerprint density at radius 2 is 2.26 bits per heavy atom. The zero-order valence-corrected chi connectivity index (χ0v) is 11.2. The summed E-state index contributed by atoms with van der Waals surface area (Å²) in [7, 11) is 1.53. The van der Waals surface area contributed by atoms with Crippen LogP contribution in [0.2, 0.25) is 0 Å². The Morgan fingerprint density at radius 3 is 2.84 bits per heavy atom. The van der Waals surface area contributed by atoms with Gasteiger partial charge in [0.15, 0.2) is 0 Å². The van der Waals surface area contributed by atoms with Crippen LogP contribution in [0.5, 0.6) is 0 Å². The Kier molecular flexibility index (Phi) is 5.37. The lowest BCUT2D eigenvalue weighted by atomic mass is 10.2. The minimum Gasteiger partial charge on any atom is -0.383 e. The molecule has 1 heterocycles. The fraction of sp³-hybridized carbons (Fsp3) is 0.500. The summed E-state index contributed by atoms with van der Waals surface area (Å²) in [6.45, 7) is 6.14. The van der Waals surface area contributed by atoms with Gasteiger partial charge in [0.05, 0.1) is 13.2 Å². The zero-order chi connectivity index (χ0) is 14.4. The molecule has 0 saturated heterocycles. The highest BCUT2D eigenvalue weighted by Crippen LogP contribution is 2.12. The average Bonchev–Trinajstić information content (AvgIpc) is 2.34. The summed E-state index contributed by atoms with van der Waals surface area (Å²) < 4.78 is 6.18. The molecule has 0 aliphatic heterocycles. The molecule has 7 nitrogen and oxygen atoms in total. The van der Waals surface area contributed by atoms with Gasteiger partial charge in [-0.05, 0) is 13.3 Å². The molecule has 0 fully saturated rings. The van der Waals surface area contributed by atoms with Crippen LogP contribution in [0, 0.1) is 0 Å². The molecule has 7 heteroatoms. The third kappa shape index (κ3) is 3.72. The van der Waals surface area contributed by atoms with E-state index in [1.165, 1.54) is 11.7 Å². The largest absolute Gasteiger partial charge is 0.383 e. The van der Waals surface area contributed by atoms with Crippen LogP contribution in [-0.4, -0.2) is 29.3 Å². The fourth-order valence-corrected chi connectivity index (χ4v) is 1.69. The van der Waals surface area contributed by atoms with Gasteiger partial charge >= 0.3 is 5.69 Å². The Balaban J connectivity index is 3.13. The molecule has 0 spiro atoms. The summed E-state index contributed by atoms with van der Waals surface area (Å²) in [5.41, 5.74) is 5.01. The summed E-state index contributed by atoms with van der Waals surface area (Å²) in [5.74, 6) is 0.113. The number of nitrogen functional groups attached to an aromatic ring is 1. The van der Waals surface area contributed by atoms with Crippen LogP contribution in [0.4, 0.5) is 11.5 Å². The Labute approximate surface area is 111 Å². The third-order valence-corrected chi connectivity index (χ3v) is 2.67. The van der Waals surface area contributed by atoms with Crippen LogP contribution in [-0.2, 0) is 11.3 Å². The molecule has 0 bridgehead atoms. The molecule has 0 aliphatic carbocycles. The van der Waals surface area contributed by atoms with Crippen molar-refractivity contribution in [1.29, 1.82) is 0 Å². The van der Waals surface area contributed by atoms with E-state index in [4.69, 9.17) is 10.5 Å². The van der Waals surface area contributed by atoms with Crippen molar-refractivity contribution >= 4 is 11.5 Å². The lowest BCUT2D eigenvalue weighted by molar-refractivity contribution is 0.186. The number of nitrogens with one attached hydrogen (secondary N) is 2. The number of nitrogens with two attached hydrogens (primary N) is 1. The molecule has 0 aliphatic rings. The highest BCUT2D eigenvalue weighted by Gasteiger charge is 2.13. The van der Waals surface area contributed by atoms with E-state index in [9.17, 15) is 9.59 Å². The number of H-pyrrole nitrogens is 1. The van der Waals surface area contributed by atoms with Gasteiger partial charge in [-0.3, -0.25) is 14.3 Å². The van der Waals surface area contributed by atoms with Crippen molar-refractivity contribution < 1.29 is 4.74 Å². The van der Waals surface area contributed by atoms with Gasteiger partial charge in [0.25, 0.3) is 5.56 Å². The van der Waals surface area contributed by atoms with E-state index in [0.717, 1.165) is 0 Å². The number of nitrogens with zero attached hydrogens (tertiary/aromatic N) is 1. The second-order valence-electron chi connectivity index (χ2n) is 4.23. The number of rotatable bonds is 7. The molecular weight excluding hydrogens is 248 g/mol. The quantitative estimate of drug-likeness (QED) is 0.611. The lowest BCUT2D eigenvalue weighted by Gasteiger charge is -2.17. The first-order chi connectivity index (χ1) is 9.01. The van der Waals surface area contributed by atoms with Crippen LogP contribution >= 0.6 is 0 Å². The van der Waals surface area contributed by atoms with E-state index >= 15 is 0 Å². The second-order valence-corrected chi connectivity index (χ2v) is 4.23. The van der Waals surface area contributed by atoms with Gasteiger partial charge in [-0.15, -0.1) is 6.58 Å². The van der Waals surface area contributed by atoms with Gasteiger partial charge < -0.3 is 15.8 Å². The molecule has 0 amide bonds. The van der Waals surface area contributed by atoms with Crippen LogP contribution in [0.15, 0.2) is 22.2 Å². The Bertz CT molecular complexity index is 547. The predicted molar refractivity (Wildman–Crippen MR) is 75.5 cm³/mol. The molecule has 0 aromatic carbocycles. The van der Waals surface area contributed by atoms with Gasteiger partial charge in [-0.2, -0.15) is 0 Å². The molecule has 4 N–H and O–H groups in total. The number of hydrogen-bond donors (Lipinski definition) is 3. The maximum Gasteiger partial charge on any atom is 0.330 e. The summed E-state index contributed by atoms with van der Waals surface area (Å²) in [5, 5.41) is 2.98. The van der Waals surface area contributed by atoms with Crippen molar-refractivity contribution in [2.75, 3.05) is 24.8 Å². The molecule has 0 radical (unpaired) electrons. The topological polar surface area (TPSA) is 102 Å². The standard InChI is InChI=1S/C12H20N4O3/c1-4-5-8(2)14-9-10(13)16(6-7-19-3)12(18)15-11(9)17/h4,8,14H,1,5-7,13H2,2-3H3,(H,15,17,18). The first kappa shape index (κ1) is 15.0. The normalized spacial score (nSPS) is 12.1.